The van der Waals surface area contributed by atoms with Crippen molar-refractivity contribution in [3.05, 3.63) is 17.5 Å². The van der Waals surface area contributed by atoms with Gasteiger partial charge in [-0.15, -0.1) is 12.4 Å². The van der Waals surface area contributed by atoms with E-state index < -0.39 is 5.97 Å². The van der Waals surface area contributed by atoms with E-state index >= 15 is 0 Å². The van der Waals surface area contributed by atoms with Crippen LogP contribution in [0.25, 0.3) is 0 Å². The lowest BCUT2D eigenvalue weighted by Gasteiger charge is -2.19. The van der Waals surface area contributed by atoms with Crippen LogP contribution in [0.15, 0.2) is 10.6 Å². The Hall–Kier alpha value is -1.07. The molecule has 0 spiro atoms. The molecule has 1 saturated heterocycles. The molecule has 1 N–H and O–H groups in total. The minimum Gasteiger partial charge on any atom is -0.461 e. The standard InChI is InChI=1S/C11H16N2O3.ClH/c1-2-15-11(14)9-7-10(16-13-9)8-3-5-12-6-4-8;/h7-8,12H,2-6H2,1H3;1H. The summed E-state index contributed by atoms with van der Waals surface area (Å²) in [6, 6.07) is 1.70. The lowest BCUT2D eigenvalue weighted by atomic mass is 9.95. The number of nitrogens with zero attached hydrogens (tertiary/aromatic N) is 1. The van der Waals surface area contributed by atoms with Gasteiger partial charge in [0.2, 0.25) is 0 Å². The lowest BCUT2D eigenvalue weighted by Crippen LogP contribution is -2.26. The summed E-state index contributed by atoms with van der Waals surface area (Å²) in [4.78, 5) is 11.4. The van der Waals surface area contributed by atoms with Gasteiger partial charge in [-0.1, -0.05) is 5.16 Å². The Morgan fingerprint density at radius 2 is 2.29 bits per heavy atom. The zero-order valence-electron chi connectivity index (χ0n) is 9.77. The lowest BCUT2D eigenvalue weighted by molar-refractivity contribution is 0.0514. The molecule has 1 aliphatic heterocycles. The van der Waals surface area contributed by atoms with Crippen molar-refractivity contribution in [2.75, 3.05) is 19.7 Å². The minimum atomic E-state index is -0.411. The van der Waals surface area contributed by atoms with Crippen molar-refractivity contribution in [1.82, 2.24) is 10.5 Å². The third-order valence-corrected chi connectivity index (χ3v) is 2.75. The van der Waals surface area contributed by atoms with Gasteiger partial charge in [0.25, 0.3) is 0 Å². The van der Waals surface area contributed by atoms with Gasteiger partial charge in [-0.3, -0.25) is 0 Å². The molecule has 0 saturated carbocycles. The van der Waals surface area contributed by atoms with E-state index in [4.69, 9.17) is 9.26 Å². The summed E-state index contributed by atoms with van der Waals surface area (Å²) in [7, 11) is 0. The second-order valence-corrected chi connectivity index (χ2v) is 3.86. The third kappa shape index (κ3) is 3.44. The Morgan fingerprint density at radius 1 is 1.59 bits per heavy atom. The largest absolute Gasteiger partial charge is 0.461 e. The molecule has 0 bridgehead atoms. The van der Waals surface area contributed by atoms with E-state index in [-0.39, 0.29) is 18.1 Å². The summed E-state index contributed by atoms with van der Waals surface area (Å²) in [5, 5.41) is 7.02. The summed E-state index contributed by atoms with van der Waals surface area (Å²) in [5.74, 6) is 0.757. The molecule has 2 heterocycles. The second-order valence-electron chi connectivity index (χ2n) is 3.86. The fraction of sp³-hybridized carbons (Fsp3) is 0.636. The molecule has 0 atom stereocenters. The molecule has 6 heteroatoms. The maximum atomic E-state index is 11.4. The fourth-order valence-electron chi connectivity index (χ4n) is 1.89. The number of carbonyl (C=O) groups excluding carboxylic acids is 1. The van der Waals surface area contributed by atoms with Crippen LogP contribution in [0.3, 0.4) is 0 Å². The molecule has 96 valence electrons. The molecular weight excluding hydrogens is 244 g/mol. The second kappa shape index (κ2) is 6.61. The van der Waals surface area contributed by atoms with Crippen LogP contribution in [0.2, 0.25) is 0 Å². The first-order chi connectivity index (χ1) is 7.81. The van der Waals surface area contributed by atoms with Gasteiger partial charge in [-0.25, -0.2) is 4.79 Å². The van der Waals surface area contributed by atoms with Crippen molar-refractivity contribution in [1.29, 1.82) is 0 Å². The number of nitrogens with one attached hydrogen (secondary N) is 1. The smallest absolute Gasteiger partial charge is 0.360 e. The van der Waals surface area contributed by atoms with Crippen molar-refractivity contribution < 1.29 is 14.1 Å². The molecular formula is C11H17ClN2O3. The molecule has 0 radical (unpaired) electrons. The van der Waals surface area contributed by atoms with Gasteiger partial charge in [0, 0.05) is 12.0 Å². The van der Waals surface area contributed by atoms with Gasteiger partial charge in [0.15, 0.2) is 5.69 Å². The van der Waals surface area contributed by atoms with Crippen molar-refractivity contribution >= 4 is 18.4 Å². The monoisotopic (exact) mass is 260 g/mol. The molecule has 0 aromatic carbocycles. The van der Waals surface area contributed by atoms with E-state index in [9.17, 15) is 4.79 Å². The Balaban J connectivity index is 0.00000144. The summed E-state index contributed by atoms with van der Waals surface area (Å²) < 4.78 is 10.0. The molecule has 5 nitrogen and oxygen atoms in total. The first-order valence-corrected chi connectivity index (χ1v) is 5.65. The van der Waals surface area contributed by atoms with Gasteiger partial charge >= 0.3 is 5.97 Å². The molecule has 1 aromatic heterocycles. The number of ether oxygens (including phenoxy) is 1. The first-order valence-electron chi connectivity index (χ1n) is 5.65. The quantitative estimate of drug-likeness (QED) is 0.839. The Labute approximate surface area is 106 Å². The molecule has 17 heavy (non-hydrogen) atoms. The maximum absolute atomic E-state index is 11.4. The highest BCUT2D eigenvalue weighted by Crippen LogP contribution is 2.25. The number of halogens is 1. The maximum Gasteiger partial charge on any atom is 0.360 e. The zero-order chi connectivity index (χ0) is 11.4. The van der Waals surface area contributed by atoms with Crippen LogP contribution in [0.4, 0.5) is 0 Å². The van der Waals surface area contributed by atoms with Crippen LogP contribution in [0.5, 0.6) is 0 Å². The van der Waals surface area contributed by atoms with Crippen molar-refractivity contribution in [3.63, 3.8) is 0 Å². The van der Waals surface area contributed by atoms with Crippen LogP contribution in [-0.2, 0) is 4.74 Å². The highest BCUT2D eigenvalue weighted by Gasteiger charge is 2.21. The zero-order valence-corrected chi connectivity index (χ0v) is 10.6. The van der Waals surface area contributed by atoms with Gasteiger partial charge in [-0.2, -0.15) is 0 Å². The number of rotatable bonds is 3. The Bertz CT molecular complexity index is 361. The van der Waals surface area contributed by atoms with Crippen molar-refractivity contribution in [3.8, 4) is 0 Å². The summed E-state index contributed by atoms with van der Waals surface area (Å²) in [5.41, 5.74) is 0.274. The van der Waals surface area contributed by atoms with E-state index in [0.717, 1.165) is 31.7 Å². The number of hydrogen-bond acceptors (Lipinski definition) is 5. The van der Waals surface area contributed by atoms with Crippen LogP contribution < -0.4 is 5.32 Å². The van der Waals surface area contributed by atoms with Gasteiger partial charge in [0.1, 0.15) is 5.76 Å². The number of piperidine rings is 1. The normalized spacial score (nSPS) is 16.3. The molecule has 1 aliphatic rings. The summed E-state index contributed by atoms with van der Waals surface area (Å²) in [6.07, 6.45) is 2.05. The molecule has 0 aliphatic carbocycles. The van der Waals surface area contributed by atoms with Gasteiger partial charge in [-0.05, 0) is 32.9 Å². The molecule has 2 rings (SSSR count). The van der Waals surface area contributed by atoms with Crippen LogP contribution in [0, 0.1) is 0 Å². The summed E-state index contributed by atoms with van der Waals surface area (Å²) in [6.45, 7) is 4.10. The number of carbonyl (C=O) groups is 1. The number of aromatic nitrogens is 1. The predicted octanol–water partition coefficient (Wildman–Crippen LogP) is 1.74. The first kappa shape index (κ1) is 14.0. The molecule has 1 fully saturated rings. The van der Waals surface area contributed by atoms with E-state index in [0.29, 0.717) is 12.5 Å². The SMILES string of the molecule is CCOC(=O)c1cc(C2CCNCC2)on1.Cl. The molecule has 0 amide bonds. The Kier molecular flexibility index (Phi) is 5.44. The third-order valence-electron chi connectivity index (χ3n) is 2.75. The van der Waals surface area contributed by atoms with E-state index in [1.165, 1.54) is 0 Å². The topological polar surface area (TPSA) is 64.4 Å². The Morgan fingerprint density at radius 3 is 2.94 bits per heavy atom. The highest BCUT2D eigenvalue weighted by atomic mass is 35.5. The van der Waals surface area contributed by atoms with Gasteiger partial charge < -0.3 is 14.6 Å². The van der Waals surface area contributed by atoms with Crippen molar-refractivity contribution in [2.45, 2.75) is 25.7 Å². The van der Waals surface area contributed by atoms with E-state index in [1.807, 2.05) is 0 Å². The van der Waals surface area contributed by atoms with E-state index in [1.54, 1.807) is 13.0 Å². The highest BCUT2D eigenvalue weighted by molar-refractivity contribution is 5.87. The summed E-state index contributed by atoms with van der Waals surface area (Å²) >= 11 is 0. The minimum absolute atomic E-state index is 0. The average Bonchev–Trinajstić information content (AvgIpc) is 2.80. The van der Waals surface area contributed by atoms with Crippen molar-refractivity contribution in [2.24, 2.45) is 0 Å². The van der Waals surface area contributed by atoms with Gasteiger partial charge in [0.05, 0.1) is 6.61 Å². The van der Waals surface area contributed by atoms with Crippen LogP contribution in [0.1, 0.15) is 41.9 Å². The molecule has 0 unspecified atom stereocenters. The van der Waals surface area contributed by atoms with Crippen LogP contribution in [-0.4, -0.2) is 30.8 Å². The van der Waals surface area contributed by atoms with E-state index in [2.05, 4.69) is 10.5 Å². The molecule has 1 aromatic rings. The average molecular weight is 261 g/mol. The number of hydrogen-bond donors (Lipinski definition) is 1. The van der Waals surface area contributed by atoms with Crippen LogP contribution >= 0.6 is 12.4 Å². The number of esters is 1. The fourth-order valence-corrected chi connectivity index (χ4v) is 1.89. The predicted molar refractivity (Wildman–Crippen MR) is 64.6 cm³/mol.